The highest BCUT2D eigenvalue weighted by Crippen LogP contribution is 2.32. The van der Waals surface area contributed by atoms with Crippen molar-refractivity contribution in [2.75, 3.05) is 6.54 Å². The number of hydrogen-bond donors (Lipinski definition) is 2. The van der Waals surface area contributed by atoms with E-state index in [2.05, 4.69) is 5.32 Å². The van der Waals surface area contributed by atoms with E-state index < -0.39 is 11.7 Å². The lowest BCUT2D eigenvalue weighted by Crippen LogP contribution is -2.52. The molecule has 1 saturated heterocycles. The Morgan fingerprint density at radius 1 is 1.47 bits per heavy atom. The van der Waals surface area contributed by atoms with E-state index in [1.54, 1.807) is 12.1 Å². The lowest BCUT2D eigenvalue weighted by atomic mass is 10.1. The predicted molar refractivity (Wildman–Crippen MR) is 64.7 cm³/mol. The molecule has 0 aliphatic carbocycles. The average molecular weight is 276 g/mol. The summed E-state index contributed by atoms with van der Waals surface area (Å²) in [7, 11) is 0. The highest BCUT2D eigenvalue weighted by Gasteiger charge is 2.44. The Bertz CT molecular complexity index is 444. The Morgan fingerprint density at radius 2 is 2.24 bits per heavy atom. The van der Waals surface area contributed by atoms with Crippen LogP contribution >= 0.6 is 23.2 Å². The van der Waals surface area contributed by atoms with E-state index in [4.69, 9.17) is 27.9 Å². The molecule has 1 aliphatic heterocycles. The van der Waals surface area contributed by atoms with E-state index in [1.807, 2.05) is 0 Å². The summed E-state index contributed by atoms with van der Waals surface area (Å²) in [6, 6.07) is 4.69. The third-order valence-electron chi connectivity index (χ3n) is 2.64. The topological polar surface area (TPSA) is 58.6 Å². The molecule has 6 heteroatoms. The standard InChI is InChI=1S/C11H11Cl2NO3/c12-7-2-3-9(8(13)6-7)17-11(10(15)16)4-1-5-14-11/h2-3,6,14H,1,4-5H2,(H,15,16)/t11-/m1/s1. The van der Waals surface area contributed by atoms with Crippen molar-refractivity contribution < 1.29 is 14.6 Å². The first-order valence-electron chi connectivity index (χ1n) is 5.16. The number of carbonyl (C=O) groups is 1. The number of nitrogens with one attached hydrogen (secondary N) is 1. The third-order valence-corrected chi connectivity index (χ3v) is 3.17. The van der Waals surface area contributed by atoms with Gasteiger partial charge in [0.2, 0.25) is 0 Å². The van der Waals surface area contributed by atoms with Crippen molar-refractivity contribution in [2.24, 2.45) is 0 Å². The predicted octanol–water partition coefficient (Wildman–Crippen LogP) is 2.54. The highest BCUT2D eigenvalue weighted by atomic mass is 35.5. The second-order valence-corrected chi connectivity index (χ2v) is 4.68. The average Bonchev–Trinajstić information content (AvgIpc) is 2.72. The van der Waals surface area contributed by atoms with Crippen molar-refractivity contribution in [1.82, 2.24) is 5.32 Å². The first-order chi connectivity index (χ1) is 8.03. The van der Waals surface area contributed by atoms with Crippen LogP contribution in [0.2, 0.25) is 10.0 Å². The molecular formula is C11H11Cl2NO3. The maximum absolute atomic E-state index is 11.2. The molecule has 4 nitrogen and oxygen atoms in total. The summed E-state index contributed by atoms with van der Waals surface area (Å²) >= 11 is 11.7. The number of carboxylic acids is 1. The van der Waals surface area contributed by atoms with Crippen LogP contribution < -0.4 is 10.1 Å². The first-order valence-corrected chi connectivity index (χ1v) is 5.92. The molecule has 0 unspecified atom stereocenters. The van der Waals surface area contributed by atoms with Gasteiger partial charge >= 0.3 is 5.97 Å². The molecule has 1 atom stereocenters. The SMILES string of the molecule is O=C(O)[C@]1(Oc2ccc(Cl)cc2Cl)CCCN1. The van der Waals surface area contributed by atoms with Crippen molar-refractivity contribution in [3.05, 3.63) is 28.2 Å². The van der Waals surface area contributed by atoms with E-state index in [0.29, 0.717) is 28.8 Å². The van der Waals surface area contributed by atoms with Crippen LogP contribution in [0.3, 0.4) is 0 Å². The maximum Gasteiger partial charge on any atom is 0.363 e. The van der Waals surface area contributed by atoms with Gasteiger partial charge in [-0.2, -0.15) is 0 Å². The Morgan fingerprint density at radius 3 is 2.76 bits per heavy atom. The second kappa shape index (κ2) is 4.72. The Kier molecular flexibility index (Phi) is 3.47. The molecule has 1 aliphatic rings. The monoisotopic (exact) mass is 275 g/mol. The van der Waals surface area contributed by atoms with E-state index in [9.17, 15) is 9.90 Å². The van der Waals surface area contributed by atoms with Crippen LogP contribution in [-0.4, -0.2) is 23.3 Å². The number of carboxylic acid groups (broad SMARTS) is 1. The summed E-state index contributed by atoms with van der Waals surface area (Å²) in [5.41, 5.74) is -1.38. The first kappa shape index (κ1) is 12.5. The van der Waals surface area contributed by atoms with Gasteiger partial charge in [0.15, 0.2) is 0 Å². The molecule has 1 fully saturated rings. The minimum Gasteiger partial charge on any atom is -0.477 e. The smallest absolute Gasteiger partial charge is 0.363 e. The molecule has 1 aromatic carbocycles. The lowest BCUT2D eigenvalue weighted by molar-refractivity contribution is -0.157. The minimum atomic E-state index is -1.38. The minimum absolute atomic E-state index is 0.298. The van der Waals surface area contributed by atoms with Crippen molar-refractivity contribution in [1.29, 1.82) is 0 Å². The second-order valence-electron chi connectivity index (χ2n) is 3.84. The van der Waals surface area contributed by atoms with Gasteiger partial charge < -0.3 is 9.84 Å². The van der Waals surface area contributed by atoms with Crippen LogP contribution in [0.1, 0.15) is 12.8 Å². The summed E-state index contributed by atoms with van der Waals surface area (Å²) in [5, 5.41) is 12.8. The molecule has 0 bridgehead atoms. The number of benzene rings is 1. The Balaban J connectivity index is 2.26. The van der Waals surface area contributed by atoms with Crippen LogP contribution in [-0.2, 0) is 4.79 Å². The van der Waals surface area contributed by atoms with Gasteiger partial charge in [0.25, 0.3) is 5.72 Å². The number of halogens is 2. The largest absolute Gasteiger partial charge is 0.477 e. The molecule has 1 heterocycles. The molecule has 0 radical (unpaired) electrons. The molecule has 2 rings (SSSR count). The Labute approximate surface area is 108 Å². The van der Waals surface area contributed by atoms with E-state index in [1.165, 1.54) is 6.07 Å². The molecular weight excluding hydrogens is 265 g/mol. The van der Waals surface area contributed by atoms with Gasteiger partial charge in [0.1, 0.15) is 5.75 Å². The Hall–Kier alpha value is -0.970. The van der Waals surface area contributed by atoms with E-state index >= 15 is 0 Å². The summed E-state index contributed by atoms with van der Waals surface area (Å²) in [6.07, 6.45) is 1.15. The van der Waals surface area contributed by atoms with Gasteiger partial charge in [-0.1, -0.05) is 23.2 Å². The summed E-state index contributed by atoms with van der Waals surface area (Å²) in [6.45, 7) is 0.609. The fourth-order valence-electron chi connectivity index (χ4n) is 1.78. The number of ether oxygens (including phenoxy) is 1. The van der Waals surface area contributed by atoms with Crippen LogP contribution in [0.4, 0.5) is 0 Å². The summed E-state index contributed by atoms with van der Waals surface area (Å²) in [4.78, 5) is 11.2. The molecule has 92 valence electrons. The third kappa shape index (κ3) is 2.49. The number of aliphatic carboxylic acids is 1. The van der Waals surface area contributed by atoms with Crippen molar-refractivity contribution in [3.8, 4) is 5.75 Å². The van der Waals surface area contributed by atoms with Gasteiger partial charge in [0, 0.05) is 11.4 Å². The van der Waals surface area contributed by atoms with Crippen LogP contribution in [0.5, 0.6) is 5.75 Å². The normalized spacial score (nSPS) is 23.6. The number of hydrogen-bond acceptors (Lipinski definition) is 3. The molecule has 1 aromatic rings. The number of rotatable bonds is 3. The quantitative estimate of drug-likeness (QED) is 0.890. The highest BCUT2D eigenvalue weighted by molar-refractivity contribution is 6.35. The van der Waals surface area contributed by atoms with Gasteiger partial charge in [0.05, 0.1) is 5.02 Å². The van der Waals surface area contributed by atoms with E-state index in [-0.39, 0.29) is 0 Å². The zero-order chi connectivity index (χ0) is 12.5. The van der Waals surface area contributed by atoms with Crippen molar-refractivity contribution in [3.63, 3.8) is 0 Å². The molecule has 0 spiro atoms. The van der Waals surface area contributed by atoms with Crippen LogP contribution in [0.15, 0.2) is 18.2 Å². The summed E-state index contributed by atoms with van der Waals surface area (Å²) < 4.78 is 5.51. The molecule has 0 saturated carbocycles. The van der Waals surface area contributed by atoms with Crippen LogP contribution in [0, 0.1) is 0 Å². The van der Waals surface area contributed by atoms with Gasteiger partial charge in [-0.05, 0) is 31.2 Å². The molecule has 0 aromatic heterocycles. The lowest BCUT2D eigenvalue weighted by Gasteiger charge is -2.26. The van der Waals surface area contributed by atoms with Crippen molar-refractivity contribution in [2.45, 2.75) is 18.6 Å². The fraction of sp³-hybridized carbons (Fsp3) is 0.364. The molecule has 17 heavy (non-hydrogen) atoms. The molecule has 2 N–H and O–H groups in total. The summed E-state index contributed by atoms with van der Waals surface area (Å²) in [5.74, 6) is -0.728. The van der Waals surface area contributed by atoms with Gasteiger partial charge in [-0.25, -0.2) is 4.79 Å². The zero-order valence-electron chi connectivity index (χ0n) is 8.87. The van der Waals surface area contributed by atoms with Gasteiger partial charge in [-0.3, -0.25) is 5.32 Å². The fourth-order valence-corrected chi connectivity index (χ4v) is 2.22. The maximum atomic E-state index is 11.2. The van der Waals surface area contributed by atoms with Crippen LogP contribution in [0.25, 0.3) is 0 Å². The molecule has 0 amide bonds. The zero-order valence-corrected chi connectivity index (χ0v) is 10.4. The van der Waals surface area contributed by atoms with E-state index in [0.717, 1.165) is 6.42 Å². The van der Waals surface area contributed by atoms with Crippen molar-refractivity contribution >= 4 is 29.2 Å². The van der Waals surface area contributed by atoms with Gasteiger partial charge in [-0.15, -0.1) is 0 Å².